The molecule has 0 spiro atoms. The van der Waals surface area contributed by atoms with Crippen molar-refractivity contribution in [1.82, 2.24) is 5.32 Å². The molecule has 4 nitrogen and oxygen atoms in total. The average Bonchev–Trinajstić information content (AvgIpc) is 2.47. The minimum absolute atomic E-state index is 0.773. The van der Waals surface area contributed by atoms with Crippen LogP contribution in [-0.4, -0.2) is 41.0 Å². The van der Waals surface area contributed by atoms with E-state index in [2.05, 4.69) is 18.3 Å². The number of hydrogen-bond donors (Lipinski definition) is 1. The Kier molecular flexibility index (Phi) is 8.07. The van der Waals surface area contributed by atoms with Gasteiger partial charge in [-0.3, -0.25) is 0 Å². The van der Waals surface area contributed by atoms with Crippen molar-refractivity contribution in [2.45, 2.75) is 26.2 Å². The monoisotopic (exact) mass is 281 g/mol. The maximum absolute atomic E-state index is 5.35. The molecule has 0 aliphatic rings. The molecule has 0 aliphatic carbocycles. The van der Waals surface area contributed by atoms with E-state index in [4.69, 9.17) is 14.2 Å². The Balaban J connectivity index is 2.40. The molecule has 20 heavy (non-hydrogen) atoms. The molecule has 0 radical (unpaired) electrons. The molecule has 0 saturated carbocycles. The molecule has 0 aliphatic heterocycles. The van der Waals surface area contributed by atoms with Gasteiger partial charge in [0.05, 0.1) is 20.8 Å². The molecule has 114 valence electrons. The highest BCUT2D eigenvalue weighted by molar-refractivity contribution is 5.47. The van der Waals surface area contributed by atoms with Crippen LogP contribution < -0.4 is 14.8 Å². The summed E-state index contributed by atoms with van der Waals surface area (Å²) in [4.78, 5) is 0. The van der Waals surface area contributed by atoms with Gasteiger partial charge in [0.2, 0.25) is 0 Å². The van der Waals surface area contributed by atoms with Gasteiger partial charge in [-0.15, -0.1) is 0 Å². The van der Waals surface area contributed by atoms with Crippen LogP contribution in [0.2, 0.25) is 0 Å². The van der Waals surface area contributed by atoms with Crippen molar-refractivity contribution in [3.05, 3.63) is 23.3 Å². The van der Waals surface area contributed by atoms with Gasteiger partial charge in [0.15, 0.2) is 11.5 Å². The highest BCUT2D eigenvalue weighted by Gasteiger charge is 2.08. The van der Waals surface area contributed by atoms with Crippen LogP contribution in [0.15, 0.2) is 12.1 Å². The Morgan fingerprint density at radius 2 is 1.65 bits per heavy atom. The van der Waals surface area contributed by atoms with Gasteiger partial charge < -0.3 is 19.5 Å². The maximum atomic E-state index is 5.35. The van der Waals surface area contributed by atoms with Crippen molar-refractivity contribution in [3.63, 3.8) is 0 Å². The van der Waals surface area contributed by atoms with Crippen molar-refractivity contribution in [3.8, 4) is 11.5 Å². The van der Waals surface area contributed by atoms with Gasteiger partial charge in [-0.1, -0.05) is 0 Å². The van der Waals surface area contributed by atoms with Gasteiger partial charge in [0.1, 0.15) is 0 Å². The summed E-state index contributed by atoms with van der Waals surface area (Å²) in [6.07, 6.45) is 3.39. The topological polar surface area (TPSA) is 39.7 Å². The molecule has 0 bridgehead atoms. The van der Waals surface area contributed by atoms with Gasteiger partial charge in [0, 0.05) is 13.7 Å². The molecule has 0 fully saturated rings. The minimum Gasteiger partial charge on any atom is -0.493 e. The lowest BCUT2D eigenvalue weighted by Crippen LogP contribution is -2.20. The normalized spacial score (nSPS) is 10.6. The van der Waals surface area contributed by atoms with Crippen LogP contribution in [0, 0.1) is 6.92 Å². The van der Waals surface area contributed by atoms with E-state index >= 15 is 0 Å². The van der Waals surface area contributed by atoms with Crippen molar-refractivity contribution in [2.24, 2.45) is 0 Å². The molecule has 0 atom stereocenters. The number of nitrogens with one attached hydrogen (secondary N) is 1. The minimum atomic E-state index is 0.773. The van der Waals surface area contributed by atoms with Crippen LogP contribution >= 0.6 is 0 Å². The van der Waals surface area contributed by atoms with Crippen molar-refractivity contribution in [1.29, 1.82) is 0 Å². The van der Waals surface area contributed by atoms with E-state index in [9.17, 15) is 0 Å². The summed E-state index contributed by atoms with van der Waals surface area (Å²) in [5.41, 5.74) is 2.59. The molecule has 4 heteroatoms. The summed E-state index contributed by atoms with van der Waals surface area (Å²) < 4.78 is 15.7. The van der Waals surface area contributed by atoms with E-state index in [0.29, 0.717) is 0 Å². The molecule has 0 heterocycles. The summed E-state index contributed by atoms with van der Waals surface area (Å²) in [7, 11) is 5.07. The standard InChI is InChI=1S/C16H27NO3/c1-13-11-15(19-3)16(20-4)12-14(13)7-5-6-8-17-9-10-18-2/h11-12,17H,5-10H2,1-4H3. The third-order valence-corrected chi connectivity index (χ3v) is 3.37. The zero-order chi connectivity index (χ0) is 14.8. The fourth-order valence-corrected chi connectivity index (χ4v) is 2.16. The van der Waals surface area contributed by atoms with Gasteiger partial charge in [-0.2, -0.15) is 0 Å². The Bertz CT molecular complexity index is 394. The Morgan fingerprint density at radius 3 is 2.30 bits per heavy atom. The first-order chi connectivity index (χ1) is 9.72. The molecule has 1 aromatic rings. The van der Waals surface area contributed by atoms with Crippen LogP contribution in [0.3, 0.4) is 0 Å². The summed E-state index contributed by atoms with van der Waals surface area (Å²) >= 11 is 0. The fourth-order valence-electron chi connectivity index (χ4n) is 2.16. The molecule has 1 N–H and O–H groups in total. The first-order valence-electron chi connectivity index (χ1n) is 7.14. The lowest BCUT2D eigenvalue weighted by molar-refractivity contribution is 0.199. The molecule has 0 saturated heterocycles. The number of benzene rings is 1. The Hall–Kier alpha value is -1.26. The fraction of sp³-hybridized carbons (Fsp3) is 0.625. The smallest absolute Gasteiger partial charge is 0.161 e. The van der Waals surface area contributed by atoms with E-state index in [1.165, 1.54) is 11.1 Å². The predicted molar refractivity (Wildman–Crippen MR) is 82.0 cm³/mol. The molecular formula is C16H27NO3. The Morgan fingerprint density at radius 1 is 0.950 bits per heavy atom. The highest BCUT2D eigenvalue weighted by atomic mass is 16.5. The quantitative estimate of drug-likeness (QED) is 0.669. The zero-order valence-electron chi connectivity index (χ0n) is 13.1. The summed E-state index contributed by atoms with van der Waals surface area (Å²) in [6, 6.07) is 4.14. The van der Waals surface area contributed by atoms with Crippen LogP contribution in [0.5, 0.6) is 11.5 Å². The summed E-state index contributed by atoms with van der Waals surface area (Å²) in [5.74, 6) is 1.61. The number of aryl methyl sites for hydroxylation is 2. The first-order valence-corrected chi connectivity index (χ1v) is 7.14. The summed E-state index contributed by atoms with van der Waals surface area (Å²) in [6.45, 7) is 4.85. The van der Waals surface area contributed by atoms with Crippen molar-refractivity contribution in [2.75, 3.05) is 41.0 Å². The first kappa shape index (κ1) is 16.8. The third-order valence-electron chi connectivity index (χ3n) is 3.37. The average molecular weight is 281 g/mol. The predicted octanol–water partition coefficient (Wildman–Crippen LogP) is 2.57. The SMILES string of the molecule is COCCNCCCCc1cc(OC)c(OC)cc1C. The number of ether oxygens (including phenoxy) is 3. The zero-order valence-corrected chi connectivity index (χ0v) is 13.1. The van der Waals surface area contributed by atoms with Crippen LogP contribution in [0.4, 0.5) is 0 Å². The largest absolute Gasteiger partial charge is 0.493 e. The van der Waals surface area contributed by atoms with Crippen molar-refractivity contribution >= 4 is 0 Å². The Labute approximate surface area is 122 Å². The van der Waals surface area contributed by atoms with Gasteiger partial charge in [-0.05, 0) is 56.0 Å². The second-order valence-electron chi connectivity index (χ2n) is 4.83. The van der Waals surface area contributed by atoms with E-state index in [1.807, 2.05) is 6.07 Å². The summed E-state index contributed by atoms with van der Waals surface area (Å²) in [5, 5.41) is 3.36. The number of hydrogen-bond acceptors (Lipinski definition) is 4. The van der Waals surface area contributed by atoms with E-state index in [1.54, 1.807) is 21.3 Å². The van der Waals surface area contributed by atoms with E-state index in [0.717, 1.165) is 50.5 Å². The number of rotatable bonds is 10. The van der Waals surface area contributed by atoms with Crippen LogP contribution in [0.1, 0.15) is 24.0 Å². The number of methoxy groups -OCH3 is 3. The highest BCUT2D eigenvalue weighted by Crippen LogP contribution is 2.30. The lowest BCUT2D eigenvalue weighted by Gasteiger charge is -2.12. The molecule has 0 aromatic heterocycles. The maximum Gasteiger partial charge on any atom is 0.161 e. The second kappa shape index (κ2) is 9.61. The molecule has 1 aromatic carbocycles. The van der Waals surface area contributed by atoms with E-state index < -0.39 is 0 Å². The number of unbranched alkanes of at least 4 members (excludes halogenated alkanes) is 1. The molecule has 0 amide bonds. The van der Waals surface area contributed by atoms with Crippen molar-refractivity contribution < 1.29 is 14.2 Å². The lowest BCUT2D eigenvalue weighted by atomic mass is 10.0. The van der Waals surface area contributed by atoms with Gasteiger partial charge in [-0.25, -0.2) is 0 Å². The third kappa shape index (κ3) is 5.39. The van der Waals surface area contributed by atoms with Gasteiger partial charge in [0.25, 0.3) is 0 Å². The van der Waals surface area contributed by atoms with Gasteiger partial charge >= 0.3 is 0 Å². The van der Waals surface area contributed by atoms with E-state index in [-0.39, 0.29) is 0 Å². The second-order valence-corrected chi connectivity index (χ2v) is 4.83. The van der Waals surface area contributed by atoms with Crippen LogP contribution in [-0.2, 0) is 11.2 Å². The van der Waals surface area contributed by atoms with Crippen LogP contribution in [0.25, 0.3) is 0 Å². The molecule has 0 unspecified atom stereocenters. The molecular weight excluding hydrogens is 254 g/mol. The molecule has 1 rings (SSSR count).